The van der Waals surface area contributed by atoms with Gasteiger partial charge in [0, 0.05) is 38.3 Å². The molecule has 1 amide bonds. The SMILES string of the molecule is Cc1oncc1C(=O)N1CCC(Oc2ccncc2)CC1. The average molecular weight is 287 g/mol. The molecule has 6 heteroatoms. The van der Waals surface area contributed by atoms with Crippen LogP contribution in [0.5, 0.6) is 5.75 Å². The highest BCUT2D eigenvalue weighted by molar-refractivity contribution is 5.94. The standard InChI is InChI=1S/C15H17N3O3/c1-11-14(10-17-21-11)15(19)18-8-4-13(5-9-18)20-12-2-6-16-7-3-12/h2-3,6-7,10,13H,4-5,8-9H2,1H3. The summed E-state index contributed by atoms with van der Waals surface area (Å²) in [5.74, 6) is 1.37. The predicted molar refractivity (Wildman–Crippen MR) is 75.0 cm³/mol. The number of likely N-dealkylation sites (tertiary alicyclic amines) is 1. The smallest absolute Gasteiger partial charge is 0.259 e. The molecular formula is C15H17N3O3. The van der Waals surface area contributed by atoms with Crippen molar-refractivity contribution in [1.82, 2.24) is 15.0 Å². The van der Waals surface area contributed by atoms with Gasteiger partial charge in [-0.25, -0.2) is 0 Å². The number of ether oxygens (including phenoxy) is 1. The van der Waals surface area contributed by atoms with Gasteiger partial charge in [-0.2, -0.15) is 0 Å². The van der Waals surface area contributed by atoms with Gasteiger partial charge >= 0.3 is 0 Å². The van der Waals surface area contributed by atoms with Crippen molar-refractivity contribution in [1.29, 1.82) is 0 Å². The minimum absolute atomic E-state index is 0.0175. The van der Waals surface area contributed by atoms with Crippen LogP contribution in [0.15, 0.2) is 35.2 Å². The van der Waals surface area contributed by atoms with Crippen LogP contribution in [0.25, 0.3) is 0 Å². The Morgan fingerprint density at radius 3 is 2.67 bits per heavy atom. The van der Waals surface area contributed by atoms with Gasteiger partial charge in [0.15, 0.2) is 0 Å². The van der Waals surface area contributed by atoms with E-state index in [0.29, 0.717) is 24.4 Å². The van der Waals surface area contributed by atoms with E-state index in [2.05, 4.69) is 10.1 Å². The molecule has 110 valence electrons. The van der Waals surface area contributed by atoms with Gasteiger partial charge in [0.1, 0.15) is 23.2 Å². The van der Waals surface area contributed by atoms with Gasteiger partial charge in [0.2, 0.25) is 0 Å². The number of amides is 1. The van der Waals surface area contributed by atoms with Gasteiger partial charge in [0.25, 0.3) is 5.91 Å². The van der Waals surface area contributed by atoms with E-state index >= 15 is 0 Å². The summed E-state index contributed by atoms with van der Waals surface area (Å²) in [6.07, 6.45) is 6.68. The number of rotatable bonds is 3. The first kappa shape index (κ1) is 13.6. The number of aryl methyl sites for hydroxylation is 1. The highest BCUT2D eigenvalue weighted by Gasteiger charge is 2.26. The van der Waals surface area contributed by atoms with Crippen LogP contribution < -0.4 is 4.74 Å². The Morgan fingerprint density at radius 2 is 2.05 bits per heavy atom. The molecule has 3 rings (SSSR count). The number of aromatic nitrogens is 2. The Balaban J connectivity index is 1.56. The Hall–Kier alpha value is -2.37. The van der Waals surface area contributed by atoms with E-state index < -0.39 is 0 Å². The minimum Gasteiger partial charge on any atom is -0.490 e. The fraction of sp³-hybridized carbons (Fsp3) is 0.400. The Kier molecular flexibility index (Phi) is 3.85. The number of carbonyl (C=O) groups excluding carboxylic acids is 1. The maximum absolute atomic E-state index is 12.3. The summed E-state index contributed by atoms with van der Waals surface area (Å²) in [6.45, 7) is 3.11. The molecule has 1 saturated heterocycles. The second-order valence-corrected chi connectivity index (χ2v) is 5.09. The van der Waals surface area contributed by atoms with Crippen molar-refractivity contribution in [3.05, 3.63) is 42.0 Å². The molecule has 2 aromatic rings. The second kappa shape index (κ2) is 5.95. The molecule has 0 saturated carbocycles. The number of pyridine rings is 1. The Labute approximate surface area is 122 Å². The first-order valence-corrected chi connectivity index (χ1v) is 7.01. The van der Waals surface area contributed by atoms with Crippen LogP contribution in [0.2, 0.25) is 0 Å². The zero-order valence-electron chi connectivity index (χ0n) is 11.9. The molecule has 1 aliphatic heterocycles. The van der Waals surface area contributed by atoms with E-state index in [0.717, 1.165) is 18.6 Å². The first-order chi connectivity index (χ1) is 10.2. The third-order valence-corrected chi connectivity index (χ3v) is 3.66. The summed E-state index contributed by atoms with van der Waals surface area (Å²) in [6, 6.07) is 3.69. The van der Waals surface area contributed by atoms with Crippen LogP contribution in [-0.2, 0) is 0 Å². The van der Waals surface area contributed by atoms with E-state index in [1.54, 1.807) is 19.3 Å². The lowest BCUT2D eigenvalue weighted by Crippen LogP contribution is -2.41. The van der Waals surface area contributed by atoms with Gasteiger partial charge < -0.3 is 14.2 Å². The predicted octanol–water partition coefficient (Wildman–Crippen LogP) is 2.06. The largest absolute Gasteiger partial charge is 0.490 e. The molecule has 0 aromatic carbocycles. The minimum atomic E-state index is -0.0175. The fourth-order valence-corrected chi connectivity index (χ4v) is 2.46. The zero-order chi connectivity index (χ0) is 14.7. The topological polar surface area (TPSA) is 68.5 Å². The number of piperidine rings is 1. The van der Waals surface area contributed by atoms with Crippen LogP contribution in [0.3, 0.4) is 0 Å². The van der Waals surface area contributed by atoms with Crippen molar-refractivity contribution in [2.75, 3.05) is 13.1 Å². The summed E-state index contributed by atoms with van der Waals surface area (Å²) < 4.78 is 10.8. The molecule has 21 heavy (non-hydrogen) atoms. The summed E-state index contributed by atoms with van der Waals surface area (Å²) >= 11 is 0. The lowest BCUT2D eigenvalue weighted by Gasteiger charge is -2.32. The quantitative estimate of drug-likeness (QED) is 0.864. The summed E-state index contributed by atoms with van der Waals surface area (Å²) in [4.78, 5) is 18.1. The molecule has 3 heterocycles. The van der Waals surface area contributed by atoms with Crippen LogP contribution in [0.4, 0.5) is 0 Å². The maximum atomic E-state index is 12.3. The average Bonchev–Trinajstić information content (AvgIpc) is 2.94. The van der Waals surface area contributed by atoms with Crippen molar-refractivity contribution < 1.29 is 14.1 Å². The summed E-state index contributed by atoms with van der Waals surface area (Å²) in [5, 5.41) is 3.66. The maximum Gasteiger partial charge on any atom is 0.259 e. The molecule has 1 fully saturated rings. The summed E-state index contributed by atoms with van der Waals surface area (Å²) in [7, 11) is 0. The Bertz CT molecular complexity index is 604. The number of hydrogen-bond donors (Lipinski definition) is 0. The van der Waals surface area contributed by atoms with E-state index in [4.69, 9.17) is 9.26 Å². The highest BCUT2D eigenvalue weighted by atomic mass is 16.5. The lowest BCUT2D eigenvalue weighted by molar-refractivity contribution is 0.0594. The van der Waals surface area contributed by atoms with E-state index in [1.807, 2.05) is 17.0 Å². The molecule has 0 unspecified atom stereocenters. The molecule has 0 bridgehead atoms. The second-order valence-electron chi connectivity index (χ2n) is 5.09. The Morgan fingerprint density at radius 1 is 1.33 bits per heavy atom. The van der Waals surface area contributed by atoms with Crippen molar-refractivity contribution in [2.24, 2.45) is 0 Å². The zero-order valence-corrected chi connectivity index (χ0v) is 11.9. The molecule has 0 spiro atoms. The van der Waals surface area contributed by atoms with Gasteiger partial charge in [0.05, 0.1) is 6.20 Å². The van der Waals surface area contributed by atoms with Crippen LogP contribution >= 0.6 is 0 Å². The van der Waals surface area contributed by atoms with Crippen LogP contribution in [0, 0.1) is 6.92 Å². The molecule has 0 radical (unpaired) electrons. The van der Waals surface area contributed by atoms with E-state index in [1.165, 1.54) is 6.20 Å². The van der Waals surface area contributed by atoms with Crippen LogP contribution in [0.1, 0.15) is 29.0 Å². The normalized spacial score (nSPS) is 16.0. The van der Waals surface area contributed by atoms with Crippen LogP contribution in [-0.4, -0.2) is 40.1 Å². The molecular weight excluding hydrogens is 270 g/mol. The highest BCUT2D eigenvalue weighted by Crippen LogP contribution is 2.20. The monoisotopic (exact) mass is 287 g/mol. The molecule has 6 nitrogen and oxygen atoms in total. The lowest BCUT2D eigenvalue weighted by atomic mass is 10.1. The summed E-state index contributed by atoms with van der Waals surface area (Å²) in [5.41, 5.74) is 0.545. The van der Waals surface area contributed by atoms with Crippen molar-refractivity contribution in [3.63, 3.8) is 0 Å². The van der Waals surface area contributed by atoms with E-state index in [-0.39, 0.29) is 12.0 Å². The molecule has 1 aliphatic rings. The number of hydrogen-bond acceptors (Lipinski definition) is 5. The fourth-order valence-electron chi connectivity index (χ4n) is 2.46. The van der Waals surface area contributed by atoms with Gasteiger partial charge in [-0.15, -0.1) is 0 Å². The third kappa shape index (κ3) is 3.04. The van der Waals surface area contributed by atoms with Gasteiger partial charge in [-0.3, -0.25) is 9.78 Å². The van der Waals surface area contributed by atoms with Crippen molar-refractivity contribution in [2.45, 2.75) is 25.9 Å². The molecule has 0 aliphatic carbocycles. The number of nitrogens with zero attached hydrogens (tertiary/aromatic N) is 3. The van der Waals surface area contributed by atoms with Crippen molar-refractivity contribution in [3.8, 4) is 5.75 Å². The first-order valence-electron chi connectivity index (χ1n) is 7.01. The molecule has 0 N–H and O–H groups in total. The third-order valence-electron chi connectivity index (χ3n) is 3.66. The van der Waals surface area contributed by atoms with Gasteiger partial charge in [-0.1, -0.05) is 5.16 Å². The van der Waals surface area contributed by atoms with Crippen molar-refractivity contribution >= 4 is 5.91 Å². The van der Waals surface area contributed by atoms with Gasteiger partial charge in [-0.05, 0) is 19.1 Å². The van der Waals surface area contributed by atoms with E-state index in [9.17, 15) is 4.79 Å². The molecule has 2 aromatic heterocycles. The number of carbonyl (C=O) groups is 1. The molecule has 0 atom stereocenters.